The van der Waals surface area contributed by atoms with Gasteiger partial charge < -0.3 is 24.7 Å². The van der Waals surface area contributed by atoms with Crippen LogP contribution in [0.2, 0.25) is 0 Å². The molecular formula is C22H24N4O3. The van der Waals surface area contributed by atoms with Gasteiger partial charge in [0.15, 0.2) is 11.6 Å². The molecule has 3 aromatic rings. The van der Waals surface area contributed by atoms with Gasteiger partial charge in [-0.05, 0) is 30.8 Å². The summed E-state index contributed by atoms with van der Waals surface area (Å²) in [5, 5.41) is 17.8. The molecule has 1 aliphatic rings. The van der Waals surface area contributed by atoms with Crippen LogP contribution in [0.5, 0.6) is 5.75 Å². The molecule has 1 aliphatic heterocycles. The summed E-state index contributed by atoms with van der Waals surface area (Å²) in [6.07, 6.45) is 0. The molecule has 0 saturated carbocycles. The zero-order valence-electron chi connectivity index (χ0n) is 16.6. The van der Waals surface area contributed by atoms with Crippen molar-refractivity contribution in [3.8, 4) is 28.2 Å². The first-order valence-corrected chi connectivity index (χ1v) is 9.62. The number of anilines is 2. The Balaban J connectivity index is 1.59. The molecule has 29 heavy (non-hydrogen) atoms. The Morgan fingerprint density at radius 2 is 1.76 bits per heavy atom. The normalized spacial score (nSPS) is 14.8. The summed E-state index contributed by atoms with van der Waals surface area (Å²) >= 11 is 0. The third kappa shape index (κ3) is 4.09. The van der Waals surface area contributed by atoms with Crippen molar-refractivity contribution in [2.24, 2.45) is 0 Å². The van der Waals surface area contributed by atoms with Crippen LogP contribution in [-0.2, 0) is 4.79 Å². The molecule has 7 nitrogen and oxygen atoms in total. The Morgan fingerprint density at radius 1 is 1.07 bits per heavy atom. The van der Waals surface area contributed by atoms with Gasteiger partial charge in [0.1, 0.15) is 5.75 Å². The maximum atomic E-state index is 11.2. The van der Waals surface area contributed by atoms with E-state index in [1.807, 2.05) is 48.5 Å². The van der Waals surface area contributed by atoms with Crippen molar-refractivity contribution in [2.75, 3.05) is 43.4 Å². The number of phenols is 1. The number of phenolic OH excluding ortho intramolecular Hbond substituents is 1. The first-order valence-electron chi connectivity index (χ1n) is 9.62. The lowest BCUT2D eigenvalue weighted by molar-refractivity contribution is -0.114. The van der Waals surface area contributed by atoms with E-state index in [1.54, 1.807) is 0 Å². The molecule has 150 valence electrons. The highest BCUT2D eigenvalue weighted by molar-refractivity contribution is 5.89. The predicted molar refractivity (Wildman–Crippen MR) is 113 cm³/mol. The number of rotatable bonds is 4. The van der Waals surface area contributed by atoms with E-state index in [4.69, 9.17) is 4.52 Å². The molecular weight excluding hydrogens is 368 g/mol. The highest BCUT2D eigenvalue weighted by Gasteiger charge is 2.20. The number of nitrogens with zero attached hydrogens (tertiary/aromatic N) is 3. The van der Waals surface area contributed by atoms with Crippen molar-refractivity contribution < 1.29 is 14.4 Å². The largest absolute Gasteiger partial charge is 0.507 e. The van der Waals surface area contributed by atoms with Gasteiger partial charge in [-0.2, -0.15) is 0 Å². The molecule has 4 rings (SSSR count). The van der Waals surface area contributed by atoms with E-state index in [2.05, 4.69) is 27.3 Å². The molecule has 0 unspecified atom stereocenters. The number of benzene rings is 2. The molecule has 0 aliphatic carbocycles. The molecule has 0 bridgehead atoms. The Kier molecular flexibility index (Phi) is 5.22. The minimum Gasteiger partial charge on any atom is -0.507 e. The summed E-state index contributed by atoms with van der Waals surface area (Å²) in [7, 11) is 2.11. The third-order valence-corrected chi connectivity index (χ3v) is 5.14. The summed E-state index contributed by atoms with van der Waals surface area (Å²) in [4.78, 5) is 15.7. The number of likely N-dealkylation sites (N-methyl/N-ethyl adjacent to an activating group) is 1. The van der Waals surface area contributed by atoms with E-state index in [0.29, 0.717) is 22.6 Å². The summed E-state index contributed by atoms with van der Waals surface area (Å²) in [6, 6.07) is 14.8. The third-order valence-electron chi connectivity index (χ3n) is 5.14. The minimum absolute atomic E-state index is 0.121. The highest BCUT2D eigenvalue weighted by Crippen LogP contribution is 2.39. The first-order chi connectivity index (χ1) is 14.0. The van der Waals surface area contributed by atoms with Gasteiger partial charge in [-0.25, -0.2) is 0 Å². The van der Waals surface area contributed by atoms with Gasteiger partial charge in [0.25, 0.3) is 0 Å². The highest BCUT2D eigenvalue weighted by atomic mass is 16.5. The van der Waals surface area contributed by atoms with Crippen LogP contribution in [0, 0.1) is 0 Å². The molecule has 0 spiro atoms. The van der Waals surface area contributed by atoms with Crippen LogP contribution < -0.4 is 10.2 Å². The van der Waals surface area contributed by atoms with E-state index in [9.17, 15) is 9.90 Å². The van der Waals surface area contributed by atoms with E-state index in [0.717, 1.165) is 37.6 Å². The summed E-state index contributed by atoms with van der Waals surface area (Å²) in [5.74, 6) is 1.34. The lowest BCUT2D eigenvalue weighted by Crippen LogP contribution is -2.44. The summed E-state index contributed by atoms with van der Waals surface area (Å²) in [6.45, 7) is 5.23. The molecule has 2 heterocycles. The van der Waals surface area contributed by atoms with Crippen LogP contribution >= 0.6 is 0 Å². The van der Waals surface area contributed by atoms with Crippen molar-refractivity contribution in [1.82, 2.24) is 10.1 Å². The molecule has 1 amide bonds. The second kappa shape index (κ2) is 7.97. The van der Waals surface area contributed by atoms with Gasteiger partial charge in [-0.15, -0.1) is 0 Å². The number of piperazine rings is 1. The fraction of sp³-hybridized carbons (Fsp3) is 0.273. The quantitative estimate of drug-likeness (QED) is 0.708. The van der Waals surface area contributed by atoms with E-state index in [-0.39, 0.29) is 11.7 Å². The number of hydrogen-bond donors (Lipinski definition) is 2. The summed E-state index contributed by atoms with van der Waals surface area (Å²) in [5.41, 5.74) is 2.84. The second-order valence-electron chi connectivity index (χ2n) is 7.30. The van der Waals surface area contributed by atoms with Crippen molar-refractivity contribution in [1.29, 1.82) is 0 Å². The fourth-order valence-electron chi connectivity index (χ4n) is 3.49. The molecule has 1 saturated heterocycles. The average Bonchev–Trinajstić information content (AvgIpc) is 3.19. The monoisotopic (exact) mass is 392 g/mol. The van der Waals surface area contributed by atoms with Crippen LogP contribution in [0.15, 0.2) is 53.1 Å². The smallest absolute Gasteiger partial charge is 0.221 e. The molecule has 1 fully saturated rings. The maximum absolute atomic E-state index is 11.2. The van der Waals surface area contributed by atoms with E-state index in [1.165, 1.54) is 6.92 Å². The maximum Gasteiger partial charge on any atom is 0.221 e. The zero-order valence-corrected chi connectivity index (χ0v) is 16.6. The molecule has 7 heteroatoms. The average molecular weight is 392 g/mol. The molecule has 0 radical (unpaired) electrons. The number of carbonyl (C=O) groups excluding carboxylic acids is 1. The van der Waals surface area contributed by atoms with Gasteiger partial charge in [-0.3, -0.25) is 4.79 Å². The Hall–Kier alpha value is -3.32. The molecule has 0 atom stereocenters. The number of aromatic hydroxyl groups is 1. The van der Waals surface area contributed by atoms with Gasteiger partial charge in [0.2, 0.25) is 5.91 Å². The predicted octanol–water partition coefficient (Wildman–Crippen LogP) is 3.42. The van der Waals surface area contributed by atoms with Gasteiger partial charge in [-0.1, -0.05) is 29.4 Å². The van der Waals surface area contributed by atoms with Crippen LogP contribution in [0.1, 0.15) is 6.92 Å². The lowest BCUT2D eigenvalue weighted by Gasteiger charge is -2.31. The Labute approximate surface area is 169 Å². The SMILES string of the molecule is CC(=O)Nc1ccc(-c2cccc(-c3cc(N4CCN(C)CC4)no3)c2O)cc1. The van der Waals surface area contributed by atoms with Crippen molar-refractivity contribution in [3.63, 3.8) is 0 Å². The van der Waals surface area contributed by atoms with Crippen molar-refractivity contribution >= 4 is 17.4 Å². The number of para-hydroxylation sites is 1. The fourth-order valence-corrected chi connectivity index (χ4v) is 3.49. The number of hydrogen-bond acceptors (Lipinski definition) is 6. The second-order valence-corrected chi connectivity index (χ2v) is 7.30. The topological polar surface area (TPSA) is 81.8 Å². The lowest BCUT2D eigenvalue weighted by atomic mass is 10.00. The Bertz CT molecular complexity index is 1010. The molecule has 2 aromatic carbocycles. The van der Waals surface area contributed by atoms with Gasteiger partial charge in [0, 0.05) is 50.4 Å². The van der Waals surface area contributed by atoms with E-state index < -0.39 is 0 Å². The van der Waals surface area contributed by atoms with Gasteiger partial charge in [0.05, 0.1) is 5.56 Å². The van der Waals surface area contributed by atoms with Crippen LogP contribution in [0.4, 0.5) is 11.5 Å². The minimum atomic E-state index is -0.121. The standard InChI is InChI=1S/C22H24N4O3/c1-15(27)23-17-8-6-16(7-9-17)18-4-3-5-19(22(18)28)20-14-21(24-29-20)26-12-10-25(2)11-13-26/h3-9,14,28H,10-13H2,1-2H3,(H,23,27). The first kappa shape index (κ1) is 19.0. The number of amides is 1. The van der Waals surface area contributed by atoms with Crippen LogP contribution in [0.25, 0.3) is 22.5 Å². The number of carbonyl (C=O) groups is 1. The zero-order chi connectivity index (χ0) is 20.4. The van der Waals surface area contributed by atoms with E-state index >= 15 is 0 Å². The number of aromatic nitrogens is 1. The van der Waals surface area contributed by atoms with Crippen molar-refractivity contribution in [2.45, 2.75) is 6.92 Å². The number of nitrogens with one attached hydrogen (secondary N) is 1. The Morgan fingerprint density at radius 3 is 2.45 bits per heavy atom. The molecule has 1 aromatic heterocycles. The summed E-state index contributed by atoms with van der Waals surface area (Å²) < 4.78 is 5.55. The van der Waals surface area contributed by atoms with Crippen LogP contribution in [-0.4, -0.2) is 54.3 Å². The van der Waals surface area contributed by atoms with Crippen molar-refractivity contribution in [3.05, 3.63) is 48.5 Å². The van der Waals surface area contributed by atoms with Gasteiger partial charge >= 0.3 is 0 Å². The molecule has 2 N–H and O–H groups in total. The van der Waals surface area contributed by atoms with Crippen LogP contribution in [0.3, 0.4) is 0 Å².